The molecule has 1 aliphatic carbocycles. The second-order valence-electron chi connectivity index (χ2n) is 10.9. The van der Waals surface area contributed by atoms with Crippen LogP contribution in [0.15, 0.2) is 12.1 Å². The Hall–Kier alpha value is -2.24. The van der Waals surface area contributed by atoms with Crippen LogP contribution in [0.4, 0.5) is 0 Å². The van der Waals surface area contributed by atoms with Gasteiger partial charge in [0.05, 0.1) is 20.3 Å². The lowest BCUT2D eigenvalue weighted by molar-refractivity contribution is -0.141. The first kappa shape index (κ1) is 28.0. The maximum Gasteiger partial charge on any atom is 0.305 e. The summed E-state index contributed by atoms with van der Waals surface area (Å²) in [6, 6.07) is 3.87. The van der Waals surface area contributed by atoms with Crippen molar-refractivity contribution in [3.8, 4) is 11.5 Å². The number of ether oxygens (including phenoxy) is 3. The summed E-state index contributed by atoms with van der Waals surface area (Å²) < 4.78 is 16.2. The highest BCUT2D eigenvalue weighted by molar-refractivity contribution is 5.69. The zero-order valence-corrected chi connectivity index (χ0v) is 22.0. The molecule has 6 heteroatoms. The van der Waals surface area contributed by atoms with Gasteiger partial charge in [-0.05, 0) is 74.3 Å². The molecule has 1 aromatic carbocycles. The molecule has 1 fully saturated rings. The Kier molecular flexibility index (Phi) is 10.3. The molecule has 0 amide bonds. The van der Waals surface area contributed by atoms with Gasteiger partial charge in [-0.25, -0.2) is 0 Å². The second-order valence-corrected chi connectivity index (χ2v) is 10.9. The quantitative estimate of drug-likeness (QED) is 0.354. The third-order valence-electron chi connectivity index (χ3n) is 7.22. The van der Waals surface area contributed by atoms with Crippen LogP contribution in [-0.4, -0.2) is 37.4 Å². The zero-order valence-electron chi connectivity index (χ0n) is 22.0. The van der Waals surface area contributed by atoms with Gasteiger partial charge in [-0.3, -0.25) is 9.59 Å². The van der Waals surface area contributed by atoms with Crippen LogP contribution in [-0.2, 0) is 29.9 Å². The minimum atomic E-state index is -0.337. The van der Waals surface area contributed by atoms with Gasteiger partial charge in [-0.15, -0.1) is 0 Å². The molecule has 0 saturated heterocycles. The number of methoxy groups -OCH3 is 2. The van der Waals surface area contributed by atoms with Crippen molar-refractivity contribution in [2.75, 3.05) is 14.2 Å². The fraction of sp³-hybridized carbons (Fsp3) is 0.714. The maximum absolute atomic E-state index is 11.6. The van der Waals surface area contributed by atoms with Crippen LogP contribution < -0.4 is 4.74 Å². The van der Waals surface area contributed by atoms with Gasteiger partial charge in [0, 0.05) is 24.0 Å². The van der Waals surface area contributed by atoms with E-state index in [1.54, 1.807) is 0 Å². The van der Waals surface area contributed by atoms with Gasteiger partial charge in [0.25, 0.3) is 0 Å². The number of carbonyl (C=O) groups is 2. The summed E-state index contributed by atoms with van der Waals surface area (Å²) in [6.07, 6.45) is 9.47. The van der Waals surface area contributed by atoms with E-state index in [1.165, 1.54) is 33.5 Å². The van der Waals surface area contributed by atoms with E-state index in [9.17, 15) is 14.7 Å². The molecular weight excluding hydrogens is 432 g/mol. The Bertz CT molecular complexity index is 820. The number of phenols is 1. The lowest BCUT2D eigenvalue weighted by Crippen LogP contribution is -2.25. The number of hydrogen-bond donors (Lipinski definition) is 1. The van der Waals surface area contributed by atoms with E-state index in [-0.39, 0.29) is 34.6 Å². The first-order valence-electron chi connectivity index (χ1n) is 12.7. The molecule has 0 bridgehead atoms. The monoisotopic (exact) mass is 476 g/mol. The molecule has 0 radical (unpaired) electrons. The van der Waals surface area contributed by atoms with Gasteiger partial charge in [0.15, 0.2) is 0 Å². The minimum Gasteiger partial charge on any atom is -0.508 e. The normalized spacial score (nSPS) is 15.1. The summed E-state index contributed by atoms with van der Waals surface area (Å²) in [5, 5.41) is 11.1. The van der Waals surface area contributed by atoms with Crippen molar-refractivity contribution < 1.29 is 28.9 Å². The molecule has 0 spiro atoms. The number of carbonyl (C=O) groups excluding carboxylic acids is 2. The third-order valence-corrected chi connectivity index (χ3v) is 7.22. The van der Waals surface area contributed by atoms with Crippen LogP contribution in [0.3, 0.4) is 0 Å². The molecule has 0 atom stereocenters. The van der Waals surface area contributed by atoms with Gasteiger partial charge in [-0.1, -0.05) is 34.1 Å². The average Bonchev–Trinajstić information content (AvgIpc) is 2.79. The van der Waals surface area contributed by atoms with Crippen LogP contribution >= 0.6 is 0 Å². The smallest absolute Gasteiger partial charge is 0.305 e. The van der Waals surface area contributed by atoms with Crippen molar-refractivity contribution in [1.29, 1.82) is 0 Å². The molecule has 0 aliphatic heterocycles. The van der Waals surface area contributed by atoms with Gasteiger partial charge in [0.2, 0.25) is 0 Å². The summed E-state index contributed by atoms with van der Waals surface area (Å²) in [7, 11) is 2.81. The van der Waals surface area contributed by atoms with Gasteiger partial charge in [0.1, 0.15) is 11.5 Å². The first-order chi connectivity index (χ1) is 16.0. The van der Waals surface area contributed by atoms with Crippen molar-refractivity contribution in [3.63, 3.8) is 0 Å². The second kappa shape index (κ2) is 12.5. The van der Waals surface area contributed by atoms with Gasteiger partial charge >= 0.3 is 11.9 Å². The number of esters is 2. The molecule has 1 aliphatic rings. The molecule has 192 valence electrons. The van der Waals surface area contributed by atoms with E-state index in [0.717, 1.165) is 42.6 Å². The molecule has 0 aromatic heterocycles. The van der Waals surface area contributed by atoms with Crippen LogP contribution in [0.5, 0.6) is 11.5 Å². The summed E-state index contributed by atoms with van der Waals surface area (Å²) in [5.74, 6) is 0.644. The van der Waals surface area contributed by atoms with E-state index in [1.807, 2.05) is 12.1 Å². The Morgan fingerprint density at radius 2 is 1.35 bits per heavy atom. The van der Waals surface area contributed by atoms with Crippen LogP contribution in [0.1, 0.15) is 109 Å². The highest BCUT2D eigenvalue weighted by Crippen LogP contribution is 2.45. The topological polar surface area (TPSA) is 82.1 Å². The molecule has 2 rings (SSSR count). The van der Waals surface area contributed by atoms with E-state index >= 15 is 0 Å². The SMILES string of the molecule is COC(=O)CCCC(C)(C)c1cc(OC2CCCCC2)c(C(C)(C)CCCC(=O)OC)cc1O. The van der Waals surface area contributed by atoms with Crippen molar-refractivity contribution in [1.82, 2.24) is 0 Å². The molecule has 6 nitrogen and oxygen atoms in total. The van der Waals surface area contributed by atoms with E-state index in [4.69, 9.17) is 14.2 Å². The number of aromatic hydroxyl groups is 1. The highest BCUT2D eigenvalue weighted by atomic mass is 16.5. The van der Waals surface area contributed by atoms with E-state index in [0.29, 0.717) is 25.7 Å². The Morgan fingerprint density at radius 3 is 1.85 bits per heavy atom. The summed E-state index contributed by atoms with van der Waals surface area (Å²) in [4.78, 5) is 23.2. The lowest BCUT2D eigenvalue weighted by Gasteiger charge is -2.33. The predicted molar refractivity (Wildman–Crippen MR) is 133 cm³/mol. The Morgan fingerprint density at radius 1 is 0.853 bits per heavy atom. The molecule has 1 saturated carbocycles. The minimum absolute atomic E-state index is 0.179. The van der Waals surface area contributed by atoms with Crippen molar-refractivity contribution in [2.45, 2.75) is 115 Å². The van der Waals surface area contributed by atoms with E-state index < -0.39 is 0 Å². The van der Waals surface area contributed by atoms with Crippen LogP contribution in [0, 0.1) is 0 Å². The van der Waals surface area contributed by atoms with Crippen LogP contribution in [0.25, 0.3) is 0 Å². The fourth-order valence-electron chi connectivity index (χ4n) is 4.92. The number of rotatable bonds is 12. The number of phenolic OH excluding ortho intramolecular Hbond substituents is 1. The third kappa shape index (κ3) is 7.92. The fourth-order valence-corrected chi connectivity index (χ4v) is 4.92. The highest BCUT2D eigenvalue weighted by Gasteiger charge is 2.32. The molecule has 1 N–H and O–H groups in total. The number of hydrogen-bond acceptors (Lipinski definition) is 6. The molecular formula is C28H44O6. The molecule has 34 heavy (non-hydrogen) atoms. The average molecular weight is 477 g/mol. The van der Waals surface area contributed by atoms with Crippen molar-refractivity contribution >= 4 is 11.9 Å². The molecule has 0 heterocycles. The summed E-state index contributed by atoms with van der Waals surface area (Å²) in [6.45, 7) is 8.44. The van der Waals surface area contributed by atoms with E-state index in [2.05, 4.69) is 27.7 Å². The molecule has 0 unspecified atom stereocenters. The van der Waals surface area contributed by atoms with Crippen LogP contribution in [0.2, 0.25) is 0 Å². The summed E-state index contributed by atoms with van der Waals surface area (Å²) in [5.41, 5.74) is 1.17. The first-order valence-corrected chi connectivity index (χ1v) is 12.7. The maximum atomic E-state index is 11.6. The van der Waals surface area contributed by atoms with Gasteiger partial charge in [-0.2, -0.15) is 0 Å². The predicted octanol–water partition coefficient (Wildman–Crippen LogP) is 6.35. The number of benzene rings is 1. The lowest BCUT2D eigenvalue weighted by atomic mass is 9.75. The summed E-state index contributed by atoms with van der Waals surface area (Å²) >= 11 is 0. The van der Waals surface area contributed by atoms with Crippen molar-refractivity contribution in [3.05, 3.63) is 23.3 Å². The Labute approximate surface area is 205 Å². The van der Waals surface area contributed by atoms with Gasteiger partial charge < -0.3 is 19.3 Å². The zero-order chi connectivity index (χ0) is 25.4. The van der Waals surface area contributed by atoms with Crippen molar-refractivity contribution in [2.24, 2.45) is 0 Å². The standard InChI is InChI=1S/C28H44O6/c1-27(2,16-10-14-25(30)32-5)21-19-24(34-20-12-8-7-9-13-20)22(18-23(21)29)28(3,4)17-11-15-26(31)33-6/h18-20,29H,7-17H2,1-6H3. The largest absolute Gasteiger partial charge is 0.508 e. The Balaban J connectivity index is 2.34. The molecule has 1 aromatic rings.